The molecule has 0 heterocycles. The van der Waals surface area contributed by atoms with E-state index in [1.807, 2.05) is 0 Å². The molecule has 4 unspecified atom stereocenters. The number of hydrogen-bond acceptors (Lipinski definition) is 1. The predicted molar refractivity (Wildman–Crippen MR) is 83.7 cm³/mol. The summed E-state index contributed by atoms with van der Waals surface area (Å²) in [5, 5.41) is 10.7. The molecule has 4 atom stereocenters. The molecule has 0 amide bonds. The highest BCUT2D eigenvalue weighted by Crippen LogP contribution is 2.51. The summed E-state index contributed by atoms with van der Waals surface area (Å²) in [6.07, 6.45) is 8.48. The van der Waals surface area contributed by atoms with E-state index in [-0.39, 0.29) is 6.10 Å². The van der Waals surface area contributed by atoms with Crippen molar-refractivity contribution in [2.75, 3.05) is 0 Å². The maximum Gasteiger partial charge on any atom is 0.0795 e. The lowest BCUT2D eigenvalue weighted by molar-refractivity contribution is 0.125. The summed E-state index contributed by atoms with van der Waals surface area (Å²) in [7, 11) is 0. The Bertz CT molecular complexity index is 465. The molecule has 0 radical (unpaired) electrons. The number of benzene rings is 1. The van der Waals surface area contributed by atoms with E-state index in [0.29, 0.717) is 0 Å². The summed E-state index contributed by atoms with van der Waals surface area (Å²) in [6.45, 7) is 4.38. The van der Waals surface area contributed by atoms with Gasteiger partial charge in [-0.05, 0) is 73.0 Å². The van der Waals surface area contributed by atoms with Crippen LogP contribution in [0, 0.1) is 17.8 Å². The zero-order valence-electron chi connectivity index (χ0n) is 12.9. The maximum atomic E-state index is 10.7. The molecule has 2 aliphatic rings. The molecule has 1 N–H and O–H groups in total. The van der Waals surface area contributed by atoms with Crippen LogP contribution in [-0.2, 0) is 12.8 Å². The van der Waals surface area contributed by atoms with Gasteiger partial charge in [0.25, 0.3) is 0 Å². The number of rotatable bonds is 5. The first kappa shape index (κ1) is 14.1. The van der Waals surface area contributed by atoms with Crippen LogP contribution in [0.4, 0.5) is 0 Å². The van der Waals surface area contributed by atoms with Crippen LogP contribution < -0.4 is 0 Å². The van der Waals surface area contributed by atoms with Crippen molar-refractivity contribution in [3.63, 3.8) is 0 Å². The van der Waals surface area contributed by atoms with Crippen molar-refractivity contribution >= 4 is 0 Å². The smallest absolute Gasteiger partial charge is 0.0795 e. The molecule has 0 saturated heterocycles. The zero-order valence-corrected chi connectivity index (χ0v) is 12.9. The quantitative estimate of drug-likeness (QED) is 0.825. The fourth-order valence-corrected chi connectivity index (χ4v) is 4.58. The molecular formula is C19H28O. The van der Waals surface area contributed by atoms with E-state index in [1.54, 1.807) is 0 Å². The molecule has 0 aliphatic heterocycles. The van der Waals surface area contributed by atoms with Crippen LogP contribution in [-0.4, -0.2) is 5.11 Å². The van der Waals surface area contributed by atoms with Gasteiger partial charge in [-0.3, -0.25) is 0 Å². The van der Waals surface area contributed by atoms with Gasteiger partial charge in [-0.15, -0.1) is 0 Å². The van der Waals surface area contributed by atoms with Gasteiger partial charge in [-0.25, -0.2) is 0 Å². The van der Waals surface area contributed by atoms with E-state index in [0.717, 1.165) is 37.0 Å². The molecular weight excluding hydrogens is 244 g/mol. The van der Waals surface area contributed by atoms with Crippen LogP contribution >= 0.6 is 0 Å². The molecule has 3 rings (SSSR count). The van der Waals surface area contributed by atoms with Gasteiger partial charge in [0.2, 0.25) is 0 Å². The van der Waals surface area contributed by atoms with Crippen molar-refractivity contribution in [3.05, 3.63) is 34.9 Å². The first-order valence-electron chi connectivity index (χ1n) is 8.51. The first-order chi connectivity index (χ1) is 9.71. The number of aliphatic hydroxyl groups is 1. The van der Waals surface area contributed by atoms with Crippen molar-refractivity contribution in [2.24, 2.45) is 17.8 Å². The van der Waals surface area contributed by atoms with Crippen molar-refractivity contribution in [1.82, 2.24) is 0 Å². The number of aryl methyl sites for hydroxylation is 2. The van der Waals surface area contributed by atoms with Gasteiger partial charge < -0.3 is 5.11 Å². The second-order valence-corrected chi connectivity index (χ2v) is 6.93. The van der Waals surface area contributed by atoms with Gasteiger partial charge in [0.1, 0.15) is 0 Å². The van der Waals surface area contributed by atoms with Gasteiger partial charge in [0.05, 0.1) is 6.10 Å². The third-order valence-electron chi connectivity index (χ3n) is 5.77. The average molecular weight is 272 g/mol. The van der Waals surface area contributed by atoms with E-state index in [2.05, 4.69) is 32.0 Å². The Morgan fingerprint density at radius 2 is 2.00 bits per heavy atom. The Balaban J connectivity index is 1.74. The van der Waals surface area contributed by atoms with Gasteiger partial charge >= 0.3 is 0 Å². The second kappa shape index (κ2) is 5.89. The van der Waals surface area contributed by atoms with Crippen LogP contribution in [0.2, 0.25) is 0 Å². The van der Waals surface area contributed by atoms with Gasteiger partial charge in [-0.2, -0.15) is 0 Å². The van der Waals surface area contributed by atoms with E-state index < -0.39 is 0 Å². The summed E-state index contributed by atoms with van der Waals surface area (Å²) in [4.78, 5) is 0. The normalized spacial score (nSPS) is 29.9. The first-order valence-corrected chi connectivity index (χ1v) is 8.51. The Kier molecular flexibility index (Phi) is 4.16. The van der Waals surface area contributed by atoms with Crippen molar-refractivity contribution in [2.45, 2.75) is 64.9 Å². The molecule has 110 valence electrons. The lowest BCUT2D eigenvalue weighted by Gasteiger charge is -2.25. The molecule has 1 heteroatoms. The Morgan fingerprint density at radius 3 is 2.60 bits per heavy atom. The highest BCUT2D eigenvalue weighted by molar-refractivity contribution is 5.34. The molecule has 2 fully saturated rings. The Labute approximate surface area is 123 Å². The molecule has 1 aromatic rings. The summed E-state index contributed by atoms with van der Waals surface area (Å²) in [5.41, 5.74) is 3.89. The highest BCUT2D eigenvalue weighted by atomic mass is 16.3. The van der Waals surface area contributed by atoms with Crippen LogP contribution in [0.15, 0.2) is 18.2 Å². The molecule has 2 saturated carbocycles. The van der Waals surface area contributed by atoms with Crippen LogP contribution in [0.1, 0.15) is 68.7 Å². The summed E-state index contributed by atoms with van der Waals surface area (Å²) >= 11 is 0. The molecule has 2 bridgehead atoms. The van der Waals surface area contributed by atoms with Crippen molar-refractivity contribution in [3.8, 4) is 0 Å². The molecule has 2 aliphatic carbocycles. The van der Waals surface area contributed by atoms with Crippen molar-refractivity contribution in [1.29, 1.82) is 0 Å². The largest absolute Gasteiger partial charge is 0.388 e. The van der Waals surface area contributed by atoms with Crippen LogP contribution in [0.25, 0.3) is 0 Å². The number of aliphatic hydroxyl groups excluding tert-OH is 1. The van der Waals surface area contributed by atoms with E-state index in [4.69, 9.17) is 0 Å². The number of hydrogen-bond donors (Lipinski definition) is 1. The van der Waals surface area contributed by atoms with E-state index in [9.17, 15) is 5.11 Å². The van der Waals surface area contributed by atoms with Crippen LogP contribution in [0.3, 0.4) is 0 Å². The summed E-state index contributed by atoms with van der Waals surface area (Å²) in [5.74, 6) is 2.66. The minimum Gasteiger partial charge on any atom is -0.388 e. The minimum atomic E-state index is -0.249. The van der Waals surface area contributed by atoms with Gasteiger partial charge in [0, 0.05) is 0 Å². The topological polar surface area (TPSA) is 20.2 Å². The fourth-order valence-electron chi connectivity index (χ4n) is 4.58. The second-order valence-electron chi connectivity index (χ2n) is 6.93. The zero-order chi connectivity index (χ0) is 14.1. The fraction of sp³-hybridized carbons (Fsp3) is 0.684. The minimum absolute atomic E-state index is 0.249. The highest BCUT2D eigenvalue weighted by Gasteiger charge is 2.40. The summed E-state index contributed by atoms with van der Waals surface area (Å²) < 4.78 is 0. The lowest BCUT2D eigenvalue weighted by Crippen LogP contribution is -2.15. The third-order valence-corrected chi connectivity index (χ3v) is 5.77. The van der Waals surface area contributed by atoms with Gasteiger partial charge in [0.15, 0.2) is 0 Å². The predicted octanol–water partition coefficient (Wildman–Crippen LogP) is 4.67. The molecule has 20 heavy (non-hydrogen) atoms. The van der Waals surface area contributed by atoms with Crippen molar-refractivity contribution < 1.29 is 5.11 Å². The third kappa shape index (κ3) is 2.65. The molecule has 1 aromatic carbocycles. The maximum absolute atomic E-state index is 10.7. The average Bonchev–Trinajstić information content (AvgIpc) is 3.09. The van der Waals surface area contributed by atoms with E-state index in [1.165, 1.54) is 42.4 Å². The molecule has 0 spiro atoms. The standard InChI is InChI=1S/C19H28O/c1-3-13-5-7-15(4-2)18(11-13)19(20)12-17-10-14-6-8-16(17)9-14/h5,7,11,14,16-17,19-20H,3-4,6,8-10,12H2,1-2H3. The molecule has 1 nitrogen and oxygen atoms in total. The molecule has 0 aromatic heterocycles. The van der Waals surface area contributed by atoms with Crippen LogP contribution in [0.5, 0.6) is 0 Å². The van der Waals surface area contributed by atoms with Gasteiger partial charge in [-0.1, -0.05) is 38.5 Å². The lowest BCUT2D eigenvalue weighted by atomic mass is 9.82. The Hall–Kier alpha value is -0.820. The van der Waals surface area contributed by atoms with E-state index >= 15 is 0 Å². The SMILES string of the molecule is CCc1ccc(CC)c(C(O)CC2CC3CCC2C3)c1. The summed E-state index contributed by atoms with van der Waals surface area (Å²) in [6, 6.07) is 6.68. The number of fused-ring (bicyclic) bond motifs is 2. The Morgan fingerprint density at radius 1 is 1.15 bits per heavy atom. The monoisotopic (exact) mass is 272 g/mol.